The summed E-state index contributed by atoms with van der Waals surface area (Å²) in [6.07, 6.45) is 3.47. The SMILES string of the molecule is S=C(NC1CCOCC1)N1CCC1. The Morgan fingerprint density at radius 2 is 2.00 bits per heavy atom. The number of likely N-dealkylation sites (tertiary alicyclic amines) is 1. The predicted molar refractivity (Wildman–Crippen MR) is 55.8 cm³/mol. The maximum absolute atomic E-state index is 5.29. The van der Waals surface area contributed by atoms with Gasteiger partial charge in [0, 0.05) is 32.3 Å². The fraction of sp³-hybridized carbons (Fsp3) is 0.889. The summed E-state index contributed by atoms with van der Waals surface area (Å²) in [4.78, 5) is 2.23. The first-order chi connectivity index (χ1) is 6.36. The molecule has 0 aliphatic carbocycles. The molecule has 1 N–H and O–H groups in total. The van der Waals surface area contributed by atoms with Crippen LogP contribution in [0.1, 0.15) is 19.3 Å². The lowest BCUT2D eigenvalue weighted by atomic mass is 10.1. The van der Waals surface area contributed by atoms with Crippen molar-refractivity contribution in [3.05, 3.63) is 0 Å². The number of hydrogen-bond donors (Lipinski definition) is 1. The fourth-order valence-corrected chi connectivity index (χ4v) is 1.98. The monoisotopic (exact) mass is 200 g/mol. The summed E-state index contributed by atoms with van der Waals surface area (Å²) in [6.45, 7) is 4.02. The maximum atomic E-state index is 5.29. The molecule has 2 fully saturated rings. The van der Waals surface area contributed by atoms with E-state index in [-0.39, 0.29) is 0 Å². The summed E-state index contributed by atoms with van der Waals surface area (Å²) in [7, 11) is 0. The lowest BCUT2D eigenvalue weighted by molar-refractivity contribution is 0.0814. The Morgan fingerprint density at radius 3 is 2.54 bits per heavy atom. The average molecular weight is 200 g/mol. The van der Waals surface area contributed by atoms with Gasteiger partial charge in [0.05, 0.1) is 0 Å². The average Bonchev–Trinajstić information content (AvgIpc) is 2.02. The van der Waals surface area contributed by atoms with E-state index < -0.39 is 0 Å². The van der Waals surface area contributed by atoms with Gasteiger partial charge in [-0.1, -0.05) is 0 Å². The summed E-state index contributed by atoms with van der Waals surface area (Å²) >= 11 is 5.28. The summed E-state index contributed by atoms with van der Waals surface area (Å²) < 4.78 is 5.29. The zero-order valence-electron chi connectivity index (χ0n) is 7.79. The minimum atomic E-state index is 0.543. The van der Waals surface area contributed by atoms with Gasteiger partial charge in [-0.2, -0.15) is 0 Å². The molecule has 0 bridgehead atoms. The van der Waals surface area contributed by atoms with E-state index in [9.17, 15) is 0 Å². The van der Waals surface area contributed by atoms with Gasteiger partial charge >= 0.3 is 0 Å². The molecule has 74 valence electrons. The Hall–Kier alpha value is -0.350. The van der Waals surface area contributed by atoms with E-state index in [4.69, 9.17) is 17.0 Å². The van der Waals surface area contributed by atoms with Crippen molar-refractivity contribution in [2.75, 3.05) is 26.3 Å². The minimum absolute atomic E-state index is 0.543. The summed E-state index contributed by atoms with van der Waals surface area (Å²) in [5.41, 5.74) is 0. The number of rotatable bonds is 1. The molecule has 0 aromatic carbocycles. The molecule has 2 aliphatic rings. The van der Waals surface area contributed by atoms with Crippen molar-refractivity contribution < 1.29 is 4.74 Å². The van der Waals surface area contributed by atoms with Crippen LogP contribution in [-0.2, 0) is 4.74 Å². The van der Waals surface area contributed by atoms with Crippen molar-refractivity contribution in [2.24, 2.45) is 0 Å². The van der Waals surface area contributed by atoms with Crippen molar-refractivity contribution in [1.29, 1.82) is 0 Å². The molecule has 0 spiro atoms. The van der Waals surface area contributed by atoms with Crippen LogP contribution in [0.3, 0.4) is 0 Å². The molecule has 0 aromatic heterocycles. The van der Waals surface area contributed by atoms with E-state index in [1.807, 2.05) is 0 Å². The van der Waals surface area contributed by atoms with E-state index in [0.717, 1.165) is 44.3 Å². The Balaban J connectivity index is 1.72. The van der Waals surface area contributed by atoms with E-state index in [1.54, 1.807) is 0 Å². The van der Waals surface area contributed by atoms with E-state index in [1.165, 1.54) is 6.42 Å². The second-order valence-electron chi connectivity index (χ2n) is 3.68. The Kier molecular flexibility index (Phi) is 3.01. The van der Waals surface area contributed by atoms with Crippen LogP contribution in [0.25, 0.3) is 0 Å². The first kappa shape index (κ1) is 9.21. The van der Waals surface area contributed by atoms with Crippen molar-refractivity contribution in [3.8, 4) is 0 Å². The molecule has 0 amide bonds. The zero-order chi connectivity index (χ0) is 9.10. The number of thiocarbonyl (C=S) groups is 1. The van der Waals surface area contributed by atoms with Crippen LogP contribution >= 0.6 is 12.2 Å². The fourth-order valence-electron chi connectivity index (χ4n) is 1.63. The van der Waals surface area contributed by atoms with Gasteiger partial charge in [0.15, 0.2) is 5.11 Å². The normalized spacial score (nSPS) is 23.8. The van der Waals surface area contributed by atoms with Crippen LogP contribution < -0.4 is 5.32 Å². The second-order valence-corrected chi connectivity index (χ2v) is 4.06. The van der Waals surface area contributed by atoms with Gasteiger partial charge in [-0.05, 0) is 31.5 Å². The molecule has 0 atom stereocenters. The molecule has 3 nitrogen and oxygen atoms in total. The highest BCUT2D eigenvalue weighted by atomic mass is 32.1. The molecule has 0 unspecified atom stereocenters. The van der Waals surface area contributed by atoms with Gasteiger partial charge in [-0.25, -0.2) is 0 Å². The highest BCUT2D eigenvalue weighted by Gasteiger charge is 2.20. The van der Waals surface area contributed by atoms with Gasteiger partial charge in [0.25, 0.3) is 0 Å². The zero-order valence-corrected chi connectivity index (χ0v) is 8.61. The predicted octanol–water partition coefficient (Wildman–Crippen LogP) is 0.746. The van der Waals surface area contributed by atoms with Crippen LogP contribution in [0.5, 0.6) is 0 Å². The smallest absolute Gasteiger partial charge is 0.169 e. The van der Waals surface area contributed by atoms with Gasteiger partial charge in [0.2, 0.25) is 0 Å². The first-order valence-corrected chi connectivity index (χ1v) is 5.40. The van der Waals surface area contributed by atoms with E-state index in [2.05, 4.69) is 10.2 Å². The molecule has 2 aliphatic heterocycles. The minimum Gasteiger partial charge on any atom is -0.381 e. The molecular weight excluding hydrogens is 184 g/mol. The lowest BCUT2D eigenvalue weighted by Gasteiger charge is -2.36. The molecule has 2 saturated heterocycles. The maximum Gasteiger partial charge on any atom is 0.169 e. The lowest BCUT2D eigenvalue weighted by Crippen LogP contribution is -2.51. The van der Waals surface area contributed by atoms with Gasteiger partial charge in [-0.3, -0.25) is 0 Å². The highest BCUT2D eigenvalue weighted by molar-refractivity contribution is 7.80. The number of hydrogen-bond acceptors (Lipinski definition) is 2. The van der Waals surface area contributed by atoms with Crippen LogP contribution in [0, 0.1) is 0 Å². The summed E-state index contributed by atoms with van der Waals surface area (Å²) in [5, 5.41) is 4.34. The van der Waals surface area contributed by atoms with Crippen LogP contribution in [-0.4, -0.2) is 42.4 Å². The molecule has 2 heterocycles. The molecule has 2 rings (SSSR count). The van der Waals surface area contributed by atoms with Crippen LogP contribution in [0.15, 0.2) is 0 Å². The summed E-state index contributed by atoms with van der Waals surface area (Å²) in [5.74, 6) is 0. The number of ether oxygens (including phenoxy) is 1. The quantitative estimate of drug-likeness (QED) is 0.631. The number of nitrogens with zero attached hydrogens (tertiary/aromatic N) is 1. The van der Waals surface area contributed by atoms with Crippen molar-refractivity contribution in [3.63, 3.8) is 0 Å². The topological polar surface area (TPSA) is 24.5 Å². The van der Waals surface area contributed by atoms with Gasteiger partial charge < -0.3 is 15.0 Å². The molecule has 0 radical (unpaired) electrons. The Morgan fingerprint density at radius 1 is 1.31 bits per heavy atom. The van der Waals surface area contributed by atoms with E-state index in [0.29, 0.717) is 6.04 Å². The summed E-state index contributed by atoms with van der Waals surface area (Å²) in [6, 6.07) is 0.543. The van der Waals surface area contributed by atoms with Crippen molar-refractivity contribution in [2.45, 2.75) is 25.3 Å². The third-order valence-electron chi connectivity index (χ3n) is 2.69. The molecule has 0 aromatic rings. The van der Waals surface area contributed by atoms with E-state index >= 15 is 0 Å². The highest BCUT2D eigenvalue weighted by Crippen LogP contribution is 2.10. The first-order valence-electron chi connectivity index (χ1n) is 4.99. The molecular formula is C9H16N2OS. The Labute approximate surface area is 84.4 Å². The third-order valence-corrected chi connectivity index (χ3v) is 3.07. The molecule has 0 saturated carbocycles. The van der Waals surface area contributed by atoms with Crippen LogP contribution in [0.2, 0.25) is 0 Å². The van der Waals surface area contributed by atoms with Gasteiger partial charge in [0.1, 0.15) is 0 Å². The van der Waals surface area contributed by atoms with Crippen molar-refractivity contribution >= 4 is 17.3 Å². The Bertz CT molecular complexity index is 188. The van der Waals surface area contributed by atoms with Crippen molar-refractivity contribution in [1.82, 2.24) is 10.2 Å². The number of nitrogens with one attached hydrogen (secondary N) is 1. The third kappa shape index (κ3) is 2.31. The second kappa shape index (κ2) is 4.24. The standard InChI is InChI=1S/C9H16N2OS/c13-9(11-4-1-5-11)10-8-2-6-12-7-3-8/h8H,1-7H2,(H,10,13). The largest absolute Gasteiger partial charge is 0.381 e. The van der Waals surface area contributed by atoms with Crippen LogP contribution in [0.4, 0.5) is 0 Å². The molecule has 13 heavy (non-hydrogen) atoms. The molecule has 4 heteroatoms. The van der Waals surface area contributed by atoms with Gasteiger partial charge in [-0.15, -0.1) is 0 Å².